The van der Waals surface area contributed by atoms with Crippen LogP contribution in [-0.2, 0) is 5.54 Å². The summed E-state index contributed by atoms with van der Waals surface area (Å²) in [6.07, 6.45) is 4.01. The van der Waals surface area contributed by atoms with Crippen molar-refractivity contribution in [2.24, 2.45) is 5.73 Å². The van der Waals surface area contributed by atoms with Crippen LogP contribution in [-0.4, -0.2) is 11.2 Å². The van der Waals surface area contributed by atoms with E-state index < -0.39 is 0 Å². The molecular formula is C15H23NO. The molecule has 1 saturated carbocycles. The Morgan fingerprint density at radius 3 is 2.06 bits per heavy atom. The average Bonchev–Trinajstić information content (AvgIpc) is 2.29. The highest BCUT2D eigenvalue weighted by atomic mass is 16.3. The third-order valence-electron chi connectivity index (χ3n) is 3.82. The van der Waals surface area contributed by atoms with Crippen molar-refractivity contribution in [3.63, 3.8) is 0 Å². The molecule has 2 heteroatoms. The lowest BCUT2D eigenvalue weighted by atomic mass is 9.82. The van der Waals surface area contributed by atoms with Crippen molar-refractivity contribution in [3.8, 4) is 0 Å². The second-order valence-electron chi connectivity index (χ2n) is 5.85. The molecular weight excluding hydrogens is 210 g/mol. The number of aliphatic hydroxyl groups excluding tert-OH is 1. The minimum absolute atomic E-state index is 0.0755. The van der Waals surface area contributed by atoms with Crippen molar-refractivity contribution in [2.45, 2.75) is 57.1 Å². The standard InChI is InChI=1S/C15H23NO/c1-15(2,16)13-7-3-11(4-8-13)12-5-9-14(17)10-6-12/h3-4,7-8,12,14,17H,5-6,9-10,16H2,1-2H3. The molecule has 0 amide bonds. The molecule has 0 spiro atoms. The lowest BCUT2D eigenvalue weighted by Crippen LogP contribution is -2.28. The second kappa shape index (κ2) is 4.79. The highest BCUT2D eigenvalue weighted by molar-refractivity contribution is 5.29. The van der Waals surface area contributed by atoms with E-state index >= 15 is 0 Å². The summed E-state index contributed by atoms with van der Waals surface area (Å²) in [4.78, 5) is 0. The van der Waals surface area contributed by atoms with Gasteiger partial charge in [-0.15, -0.1) is 0 Å². The van der Waals surface area contributed by atoms with Crippen LogP contribution < -0.4 is 5.73 Å². The van der Waals surface area contributed by atoms with Crippen molar-refractivity contribution < 1.29 is 5.11 Å². The molecule has 0 aromatic heterocycles. The fraction of sp³-hybridized carbons (Fsp3) is 0.600. The van der Waals surface area contributed by atoms with E-state index in [2.05, 4.69) is 24.3 Å². The lowest BCUT2D eigenvalue weighted by Gasteiger charge is -2.26. The smallest absolute Gasteiger partial charge is 0.0540 e. The Bertz CT molecular complexity index is 356. The van der Waals surface area contributed by atoms with Gasteiger partial charge in [0.05, 0.1) is 6.10 Å². The van der Waals surface area contributed by atoms with Crippen LogP contribution in [0.3, 0.4) is 0 Å². The zero-order valence-electron chi connectivity index (χ0n) is 10.8. The Hall–Kier alpha value is -0.860. The van der Waals surface area contributed by atoms with E-state index in [1.807, 2.05) is 13.8 Å². The largest absolute Gasteiger partial charge is 0.393 e. The monoisotopic (exact) mass is 233 g/mol. The molecule has 0 radical (unpaired) electrons. The molecule has 1 aromatic rings. The SMILES string of the molecule is CC(C)(N)c1ccc(C2CCC(O)CC2)cc1. The van der Waals surface area contributed by atoms with Crippen LogP contribution in [0.2, 0.25) is 0 Å². The van der Waals surface area contributed by atoms with Gasteiger partial charge in [-0.2, -0.15) is 0 Å². The van der Waals surface area contributed by atoms with Gasteiger partial charge in [-0.25, -0.2) is 0 Å². The molecule has 3 N–H and O–H groups in total. The Balaban J connectivity index is 2.08. The van der Waals surface area contributed by atoms with E-state index in [1.165, 1.54) is 11.1 Å². The van der Waals surface area contributed by atoms with E-state index in [9.17, 15) is 5.11 Å². The van der Waals surface area contributed by atoms with E-state index in [-0.39, 0.29) is 11.6 Å². The molecule has 1 aliphatic carbocycles. The maximum absolute atomic E-state index is 9.51. The first kappa shape index (κ1) is 12.6. The maximum Gasteiger partial charge on any atom is 0.0540 e. The predicted octanol–water partition coefficient (Wildman–Crippen LogP) is 2.90. The van der Waals surface area contributed by atoms with Crippen molar-refractivity contribution in [1.29, 1.82) is 0 Å². The van der Waals surface area contributed by atoms with Gasteiger partial charge in [0.15, 0.2) is 0 Å². The third-order valence-corrected chi connectivity index (χ3v) is 3.82. The fourth-order valence-electron chi connectivity index (χ4n) is 2.59. The average molecular weight is 233 g/mol. The third kappa shape index (κ3) is 3.08. The predicted molar refractivity (Wildman–Crippen MR) is 70.9 cm³/mol. The van der Waals surface area contributed by atoms with Crippen LogP contribution in [0.4, 0.5) is 0 Å². The van der Waals surface area contributed by atoms with Crippen LogP contribution >= 0.6 is 0 Å². The highest BCUT2D eigenvalue weighted by Gasteiger charge is 2.21. The quantitative estimate of drug-likeness (QED) is 0.825. The zero-order chi connectivity index (χ0) is 12.5. The molecule has 1 fully saturated rings. The van der Waals surface area contributed by atoms with Gasteiger partial charge in [0, 0.05) is 5.54 Å². The van der Waals surface area contributed by atoms with Crippen molar-refractivity contribution in [2.75, 3.05) is 0 Å². The molecule has 0 atom stereocenters. The van der Waals surface area contributed by atoms with Gasteiger partial charge < -0.3 is 10.8 Å². The molecule has 94 valence electrons. The molecule has 1 aliphatic rings. The molecule has 2 rings (SSSR count). The number of benzene rings is 1. The van der Waals surface area contributed by atoms with Gasteiger partial charge in [-0.05, 0) is 56.6 Å². The summed E-state index contributed by atoms with van der Waals surface area (Å²) in [5.41, 5.74) is 8.38. The van der Waals surface area contributed by atoms with E-state index in [1.54, 1.807) is 0 Å². The molecule has 2 nitrogen and oxygen atoms in total. The lowest BCUT2D eigenvalue weighted by molar-refractivity contribution is 0.122. The topological polar surface area (TPSA) is 46.2 Å². The van der Waals surface area contributed by atoms with Crippen molar-refractivity contribution in [1.82, 2.24) is 0 Å². The summed E-state index contributed by atoms with van der Waals surface area (Å²) in [5, 5.41) is 9.51. The van der Waals surface area contributed by atoms with E-state index in [0.717, 1.165) is 25.7 Å². The first-order chi connectivity index (χ1) is 7.97. The Labute approximate surface area is 104 Å². The number of hydrogen-bond acceptors (Lipinski definition) is 2. The van der Waals surface area contributed by atoms with Crippen LogP contribution in [0.5, 0.6) is 0 Å². The van der Waals surface area contributed by atoms with Gasteiger partial charge in [-0.3, -0.25) is 0 Å². The summed E-state index contributed by atoms with van der Waals surface area (Å²) < 4.78 is 0. The summed E-state index contributed by atoms with van der Waals surface area (Å²) in [6.45, 7) is 4.05. The van der Waals surface area contributed by atoms with Crippen LogP contribution in [0.25, 0.3) is 0 Å². The first-order valence-corrected chi connectivity index (χ1v) is 6.54. The van der Waals surface area contributed by atoms with Crippen LogP contribution in [0.1, 0.15) is 56.6 Å². The molecule has 0 bridgehead atoms. The molecule has 0 aliphatic heterocycles. The van der Waals surface area contributed by atoms with Gasteiger partial charge >= 0.3 is 0 Å². The number of hydrogen-bond donors (Lipinski definition) is 2. The Morgan fingerprint density at radius 2 is 1.59 bits per heavy atom. The Morgan fingerprint density at radius 1 is 1.06 bits per heavy atom. The van der Waals surface area contributed by atoms with E-state index in [4.69, 9.17) is 5.73 Å². The number of aliphatic hydroxyl groups is 1. The van der Waals surface area contributed by atoms with Gasteiger partial charge in [0.25, 0.3) is 0 Å². The molecule has 0 unspecified atom stereocenters. The van der Waals surface area contributed by atoms with Crippen LogP contribution in [0, 0.1) is 0 Å². The molecule has 17 heavy (non-hydrogen) atoms. The van der Waals surface area contributed by atoms with Gasteiger partial charge in [0.1, 0.15) is 0 Å². The zero-order valence-corrected chi connectivity index (χ0v) is 10.8. The minimum atomic E-state index is -0.263. The maximum atomic E-state index is 9.51. The highest BCUT2D eigenvalue weighted by Crippen LogP contribution is 2.33. The molecule has 0 heterocycles. The fourth-order valence-corrected chi connectivity index (χ4v) is 2.59. The minimum Gasteiger partial charge on any atom is -0.393 e. The van der Waals surface area contributed by atoms with E-state index in [0.29, 0.717) is 5.92 Å². The number of nitrogens with two attached hydrogens (primary N) is 1. The van der Waals surface area contributed by atoms with Gasteiger partial charge in [-0.1, -0.05) is 24.3 Å². The summed E-state index contributed by atoms with van der Waals surface area (Å²) >= 11 is 0. The normalized spacial score (nSPS) is 25.9. The van der Waals surface area contributed by atoms with Crippen molar-refractivity contribution in [3.05, 3.63) is 35.4 Å². The summed E-state index contributed by atoms with van der Waals surface area (Å²) in [5.74, 6) is 0.619. The van der Waals surface area contributed by atoms with Gasteiger partial charge in [0.2, 0.25) is 0 Å². The van der Waals surface area contributed by atoms with Crippen LogP contribution in [0.15, 0.2) is 24.3 Å². The molecule has 0 saturated heterocycles. The molecule has 1 aromatic carbocycles. The second-order valence-corrected chi connectivity index (χ2v) is 5.85. The Kier molecular flexibility index (Phi) is 3.55. The summed E-state index contributed by atoms with van der Waals surface area (Å²) in [7, 11) is 0. The summed E-state index contributed by atoms with van der Waals surface area (Å²) in [6, 6.07) is 8.68. The van der Waals surface area contributed by atoms with Crippen molar-refractivity contribution >= 4 is 0 Å². The first-order valence-electron chi connectivity index (χ1n) is 6.54. The number of rotatable bonds is 2.